The summed E-state index contributed by atoms with van der Waals surface area (Å²) in [5.41, 5.74) is 1.00. The number of carbonyl (C=O) groups excluding carboxylic acids is 1. The lowest BCUT2D eigenvalue weighted by molar-refractivity contribution is -0.00144. The summed E-state index contributed by atoms with van der Waals surface area (Å²) in [5.74, 6) is 0.713. The first kappa shape index (κ1) is 12.7. The van der Waals surface area contributed by atoms with Crippen molar-refractivity contribution >= 4 is 17.5 Å². The van der Waals surface area contributed by atoms with Crippen LogP contribution in [0.2, 0.25) is 5.02 Å². The van der Waals surface area contributed by atoms with Gasteiger partial charge in [0.2, 0.25) is 0 Å². The van der Waals surface area contributed by atoms with Crippen molar-refractivity contribution in [1.29, 1.82) is 0 Å². The van der Waals surface area contributed by atoms with Gasteiger partial charge in [-0.25, -0.2) is 0 Å². The quantitative estimate of drug-likeness (QED) is 0.908. The number of hydrogen-bond donors (Lipinski definition) is 1. The van der Waals surface area contributed by atoms with Gasteiger partial charge >= 0.3 is 0 Å². The standard InChI is InChI=1S/C16H19ClN2O/c17-13-3-1-12(2-4-13)15(20)18-14-11-5-9-19(10-6-11)16(14)7-8-16/h1-4,11,14H,5-10H2,(H,18,20)/t14-/m1/s1. The van der Waals surface area contributed by atoms with E-state index in [-0.39, 0.29) is 5.91 Å². The van der Waals surface area contributed by atoms with E-state index in [1.165, 1.54) is 38.8 Å². The zero-order valence-corrected chi connectivity index (χ0v) is 12.2. The van der Waals surface area contributed by atoms with E-state index in [2.05, 4.69) is 10.2 Å². The lowest BCUT2D eigenvalue weighted by Gasteiger charge is -2.52. The number of piperidine rings is 3. The van der Waals surface area contributed by atoms with Crippen LogP contribution in [0, 0.1) is 5.92 Å². The summed E-state index contributed by atoms with van der Waals surface area (Å²) >= 11 is 5.88. The zero-order chi connectivity index (χ0) is 13.7. The molecule has 0 radical (unpaired) electrons. The molecule has 4 fully saturated rings. The summed E-state index contributed by atoms with van der Waals surface area (Å²) < 4.78 is 0. The minimum Gasteiger partial charge on any atom is -0.347 e. The summed E-state index contributed by atoms with van der Waals surface area (Å²) in [6, 6.07) is 7.50. The molecule has 1 spiro atoms. The van der Waals surface area contributed by atoms with Crippen LogP contribution in [-0.4, -0.2) is 35.5 Å². The topological polar surface area (TPSA) is 32.3 Å². The monoisotopic (exact) mass is 290 g/mol. The van der Waals surface area contributed by atoms with Gasteiger partial charge in [0.25, 0.3) is 5.91 Å². The van der Waals surface area contributed by atoms with E-state index >= 15 is 0 Å². The number of carbonyl (C=O) groups is 1. The van der Waals surface area contributed by atoms with Gasteiger partial charge in [-0.3, -0.25) is 9.69 Å². The molecular formula is C16H19ClN2O. The summed E-state index contributed by atoms with van der Waals surface area (Å²) in [6.45, 7) is 2.44. The molecule has 3 nitrogen and oxygen atoms in total. The molecule has 1 aromatic carbocycles. The highest BCUT2D eigenvalue weighted by Crippen LogP contribution is 2.53. The molecule has 4 aliphatic rings. The number of hydrogen-bond acceptors (Lipinski definition) is 2. The van der Waals surface area contributed by atoms with Crippen LogP contribution in [0.5, 0.6) is 0 Å². The molecule has 4 heteroatoms. The Balaban J connectivity index is 1.54. The summed E-state index contributed by atoms with van der Waals surface area (Å²) in [5, 5.41) is 3.98. The van der Waals surface area contributed by atoms with Crippen LogP contribution in [0.3, 0.4) is 0 Å². The Hall–Kier alpha value is -1.06. The fourth-order valence-electron chi connectivity index (χ4n) is 4.15. The smallest absolute Gasteiger partial charge is 0.251 e. The molecule has 1 amide bonds. The van der Waals surface area contributed by atoms with Crippen LogP contribution in [0.1, 0.15) is 36.0 Å². The number of amides is 1. The van der Waals surface area contributed by atoms with Gasteiger partial charge in [0.05, 0.1) is 6.04 Å². The third kappa shape index (κ3) is 1.87. The maximum atomic E-state index is 12.4. The first-order valence-electron chi connectivity index (χ1n) is 7.50. The number of nitrogens with one attached hydrogen (secondary N) is 1. The van der Waals surface area contributed by atoms with E-state index in [9.17, 15) is 4.79 Å². The molecule has 1 N–H and O–H groups in total. The SMILES string of the molecule is O=C(N[C@@H]1C2CCN(CC2)C12CC2)c1ccc(Cl)cc1. The lowest BCUT2D eigenvalue weighted by Crippen LogP contribution is -2.65. The van der Waals surface area contributed by atoms with Crippen molar-refractivity contribution in [3.05, 3.63) is 34.9 Å². The molecule has 3 aliphatic heterocycles. The van der Waals surface area contributed by atoms with E-state index in [4.69, 9.17) is 11.6 Å². The first-order valence-corrected chi connectivity index (χ1v) is 7.88. The van der Waals surface area contributed by atoms with Crippen LogP contribution >= 0.6 is 11.6 Å². The van der Waals surface area contributed by atoms with Crippen LogP contribution < -0.4 is 5.32 Å². The molecule has 5 rings (SSSR count). The van der Waals surface area contributed by atoms with E-state index in [1.54, 1.807) is 24.3 Å². The molecule has 106 valence electrons. The Kier molecular flexibility index (Phi) is 2.83. The Morgan fingerprint density at radius 3 is 2.45 bits per heavy atom. The highest BCUT2D eigenvalue weighted by atomic mass is 35.5. The molecule has 1 aliphatic carbocycles. The van der Waals surface area contributed by atoms with Gasteiger partial charge in [-0.15, -0.1) is 0 Å². The second-order valence-corrected chi connectivity index (χ2v) is 6.82. The first-order chi connectivity index (χ1) is 9.69. The maximum Gasteiger partial charge on any atom is 0.251 e. The average molecular weight is 291 g/mol. The largest absolute Gasteiger partial charge is 0.347 e. The molecule has 20 heavy (non-hydrogen) atoms. The predicted octanol–water partition coefficient (Wildman–Crippen LogP) is 2.70. The normalized spacial score (nSPS) is 33.1. The summed E-state index contributed by atoms with van der Waals surface area (Å²) in [4.78, 5) is 15.1. The van der Waals surface area contributed by atoms with Gasteiger partial charge in [0.1, 0.15) is 0 Å². The molecule has 3 saturated heterocycles. The van der Waals surface area contributed by atoms with Crippen LogP contribution in [0.4, 0.5) is 0 Å². The second-order valence-electron chi connectivity index (χ2n) is 6.39. The van der Waals surface area contributed by atoms with Gasteiger partial charge in [-0.2, -0.15) is 0 Å². The molecule has 1 aromatic rings. The van der Waals surface area contributed by atoms with Crippen molar-refractivity contribution < 1.29 is 4.79 Å². The molecule has 0 aromatic heterocycles. The molecule has 3 heterocycles. The summed E-state index contributed by atoms with van der Waals surface area (Å²) in [7, 11) is 0. The number of rotatable bonds is 2. The molecule has 1 saturated carbocycles. The highest BCUT2D eigenvalue weighted by Gasteiger charge is 2.60. The Morgan fingerprint density at radius 2 is 1.85 bits per heavy atom. The number of fused-ring (bicyclic) bond motifs is 2. The van der Waals surface area contributed by atoms with E-state index < -0.39 is 0 Å². The van der Waals surface area contributed by atoms with Crippen molar-refractivity contribution in [2.45, 2.75) is 37.3 Å². The highest BCUT2D eigenvalue weighted by molar-refractivity contribution is 6.30. The van der Waals surface area contributed by atoms with Crippen molar-refractivity contribution in [2.75, 3.05) is 13.1 Å². The average Bonchev–Trinajstić information content (AvgIpc) is 3.25. The summed E-state index contributed by atoms with van der Waals surface area (Å²) in [6.07, 6.45) is 4.95. The van der Waals surface area contributed by atoms with E-state index in [1.807, 2.05) is 0 Å². The maximum absolute atomic E-state index is 12.4. The fourth-order valence-corrected chi connectivity index (χ4v) is 4.27. The Labute approximate surface area is 124 Å². The third-order valence-electron chi connectivity index (χ3n) is 5.38. The van der Waals surface area contributed by atoms with Gasteiger partial charge in [-0.1, -0.05) is 11.6 Å². The van der Waals surface area contributed by atoms with Crippen molar-refractivity contribution in [3.8, 4) is 0 Å². The van der Waals surface area contributed by atoms with Crippen molar-refractivity contribution in [1.82, 2.24) is 10.2 Å². The van der Waals surface area contributed by atoms with Crippen LogP contribution in [0.15, 0.2) is 24.3 Å². The molecule has 0 unspecified atom stereocenters. The zero-order valence-electron chi connectivity index (χ0n) is 11.4. The van der Waals surface area contributed by atoms with Crippen LogP contribution in [0.25, 0.3) is 0 Å². The Morgan fingerprint density at radius 1 is 1.20 bits per heavy atom. The van der Waals surface area contributed by atoms with Crippen molar-refractivity contribution in [3.63, 3.8) is 0 Å². The second kappa shape index (κ2) is 4.47. The van der Waals surface area contributed by atoms with Gasteiger partial charge in [-0.05, 0) is 69.0 Å². The number of halogens is 1. The molecule has 2 bridgehead atoms. The van der Waals surface area contributed by atoms with Gasteiger partial charge < -0.3 is 5.32 Å². The van der Waals surface area contributed by atoms with Gasteiger partial charge in [0.15, 0.2) is 0 Å². The number of benzene rings is 1. The molecular weight excluding hydrogens is 272 g/mol. The van der Waals surface area contributed by atoms with Crippen molar-refractivity contribution in [2.24, 2.45) is 5.92 Å². The fraction of sp³-hybridized carbons (Fsp3) is 0.562. The van der Waals surface area contributed by atoms with E-state index in [0.717, 1.165) is 0 Å². The van der Waals surface area contributed by atoms with Gasteiger partial charge in [0, 0.05) is 16.1 Å². The number of nitrogens with zero attached hydrogens (tertiary/aromatic N) is 1. The lowest BCUT2D eigenvalue weighted by atomic mass is 9.77. The van der Waals surface area contributed by atoms with E-state index in [0.29, 0.717) is 28.1 Å². The minimum absolute atomic E-state index is 0.0479. The Bertz CT molecular complexity index is 530. The minimum atomic E-state index is 0.0479. The predicted molar refractivity (Wildman–Crippen MR) is 79.0 cm³/mol. The molecule has 1 atom stereocenters. The third-order valence-corrected chi connectivity index (χ3v) is 5.63. The van der Waals surface area contributed by atoms with Crippen LogP contribution in [-0.2, 0) is 0 Å².